The zero-order valence-electron chi connectivity index (χ0n) is 13.3. The average Bonchev–Trinajstić information content (AvgIpc) is 2.97. The van der Waals surface area contributed by atoms with Crippen LogP contribution in [0, 0.1) is 11.8 Å². The Bertz CT molecular complexity index is 312. The summed E-state index contributed by atoms with van der Waals surface area (Å²) in [7, 11) is 0. The summed E-state index contributed by atoms with van der Waals surface area (Å²) in [5, 5.41) is 0. The maximum atomic E-state index is 6.05. The molecule has 2 heterocycles. The Balaban J connectivity index is 1.50. The van der Waals surface area contributed by atoms with Gasteiger partial charge in [0.2, 0.25) is 0 Å². The van der Waals surface area contributed by atoms with E-state index in [0.29, 0.717) is 12.0 Å². The zero-order chi connectivity index (χ0) is 14.5. The first-order valence-corrected chi connectivity index (χ1v) is 8.99. The van der Waals surface area contributed by atoms with Gasteiger partial charge in [-0.05, 0) is 37.5 Å². The standard InChI is InChI=1S/C17H32N2O2/c18-19-16(7-6-14-4-2-1-3-5-14)15-8-10-21-17(12-15)9-11-20-13-17/h14-16,19H,1-13,18H2. The Morgan fingerprint density at radius 1 is 1.14 bits per heavy atom. The van der Waals surface area contributed by atoms with Crippen molar-refractivity contribution in [2.24, 2.45) is 17.7 Å². The summed E-state index contributed by atoms with van der Waals surface area (Å²) in [5.41, 5.74) is 3.12. The first kappa shape index (κ1) is 15.7. The van der Waals surface area contributed by atoms with Crippen LogP contribution in [0.2, 0.25) is 0 Å². The number of rotatable bonds is 5. The number of nitrogens with one attached hydrogen (secondary N) is 1. The highest BCUT2D eigenvalue weighted by Gasteiger charge is 2.42. The Morgan fingerprint density at radius 3 is 2.71 bits per heavy atom. The highest BCUT2D eigenvalue weighted by Crippen LogP contribution is 2.38. The summed E-state index contributed by atoms with van der Waals surface area (Å²) in [4.78, 5) is 0. The molecule has 0 amide bonds. The van der Waals surface area contributed by atoms with Gasteiger partial charge in [-0.1, -0.05) is 32.1 Å². The lowest BCUT2D eigenvalue weighted by molar-refractivity contribution is -0.103. The molecule has 3 unspecified atom stereocenters. The molecule has 4 nitrogen and oxygen atoms in total. The molecule has 0 aromatic carbocycles. The molecule has 0 bridgehead atoms. The van der Waals surface area contributed by atoms with Gasteiger partial charge in [-0.25, -0.2) is 0 Å². The molecule has 1 aliphatic carbocycles. The van der Waals surface area contributed by atoms with Crippen LogP contribution in [-0.2, 0) is 9.47 Å². The van der Waals surface area contributed by atoms with E-state index in [1.54, 1.807) is 0 Å². The predicted molar refractivity (Wildman–Crippen MR) is 83.8 cm³/mol. The third-order valence-electron chi connectivity index (χ3n) is 5.99. The lowest BCUT2D eigenvalue weighted by Gasteiger charge is -2.40. The Kier molecular flexibility index (Phi) is 5.54. The number of hydrogen-bond donors (Lipinski definition) is 2. The first-order valence-electron chi connectivity index (χ1n) is 8.99. The van der Waals surface area contributed by atoms with Crippen LogP contribution in [0.4, 0.5) is 0 Å². The molecular weight excluding hydrogens is 264 g/mol. The zero-order valence-corrected chi connectivity index (χ0v) is 13.3. The minimum absolute atomic E-state index is 0.00283. The Hall–Kier alpha value is -0.160. The van der Waals surface area contributed by atoms with Gasteiger partial charge in [0.1, 0.15) is 0 Å². The van der Waals surface area contributed by atoms with Crippen LogP contribution in [0.15, 0.2) is 0 Å². The van der Waals surface area contributed by atoms with Crippen LogP contribution < -0.4 is 11.3 Å². The predicted octanol–water partition coefficient (Wildman–Crippen LogP) is 2.76. The second kappa shape index (κ2) is 7.40. The third-order valence-corrected chi connectivity index (χ3v) is 5.99. The van der Waals surface area contributed by atoms with E-state index in [-0.39, 0.29) is 5.60 Å². The van der Waals surface area contributed by atoms with Crippen molar-refractivity contribution in [3.05, 3.63) is 0 Å². The van der Waals surface area contributed by atoms with E-state index in [9.17, 15) is 0 Å². The molecule has 3 rings (SSSR count). The van der Waals surface area contributed by atoms with E-state index in [0.717, 1.165) is 45.0 Å². The maximum Gasteiger partial charge on any atom is 0.0939 e. The normalized spacial score (nSPS) is 36.1. The van der Waals surface area contributed by atoms with Gasteiger partial charge in [0.05, 0.1) is 12.2 Å². The summed E-state index contributed by atoms with van der Waals surface area (Å²) < 4.78 is 11.6. The fourth-order valence-corrected chi connectivity index (χ4v) is 4.62. The van der Waals surface area contributed by atoms with Crippen molar-refractivity contribution in [2.45, 2.75) is 75.9 Å². The summed E-state index contributed by atoms with van der Waals surface area (Å²) in [6, 6.07) is 0.452. The van der Waals surface area contributed by atoms with Gasteiger partial charge in [0.15, 0.2) is 0 Å². The highest BCUT2D eigenvalue weighted by molar-refractivity contribution is 4.93. The van der Waals surface area contributed by atoms with E-state index in [4.69, 9.17) is 15.3 Å². The summed E-state index contributed by atoms with van der Waals surface area (Å²) in [6.07, 6.45) is 13.1. The minimum Gasteiger partial charge on any atom is -0.378 e. The van der Waals surface area contributed by atoms with Gasteiger partial charge in [-0.2, -0.15) is 0 Å². The SMILES string of the molecule is NNC(CCC1CCCCC1)C1CCOC2(CCOC2)C1. The van der Waals surface area contributed by atoms with E-state index < -0.39 is 0 Å². The van der Waals surface area contributed by atoms with Crippen molar-refractivity contribution in [3.8, 4) is 0 Å². The van der Waals surface area contributed by atoms with Crippen LogP contribution in [0.1, 0.15) is 64.2 Å². The average molecular weight is 296 g/mol. The van der Waals surface area contributed by atoms with Gasteiger partial charge in [0, 0.05) is 25.7 Å². The molecular formula is C17H32N2O2. The second-order valence-corrected chi connectivity index (χ2v) is 7.44. The van der Waals surface area contributed by atoms with E-state index >= 15 is 0 Å². The lowest BCUT2D eigenvalue weighted by atomic mass is 9.78. The van der Waals surface area contributed by atoms with Gasteiger partial charge in [0.25, 0.3) is 0 Å². The van der Waals surface area contributed by atoms with Gasteiger partial charge in [-0.3, -0.25) is 11.3 Å². The van der Waals surface area contributed by atoms with Crippen LogP contribution in [0.5, 0.6) is 0 Å². The summed E-state index contributed by atoms with van der Waals surface area (Å²) in [6.45, 7) is 2.51. The molecule has 0 radical (unpaired) electrons. The molecule has 1 saturated carbocycles. The van der Waals surface area contributed by atoms with Crippen molar-refractivity contribution in [1.29, 1.82) is 0 Å². The number of ether oxygens (including phenoxy) is 2. The maximum absolute atomic E-state index is 6.05. The minimum atomic E-state index is 0.00283. The van der Waals surface area contributed by atoms with Crippen molar-refractivity contribution < 1.29 is 9.47 Å². The second-order valence-electron chi connectivity index (χ2n) is 7.44. The van der Waals surface area contributed by atoms with E-state index in [2.05, 4.69) is 5.43 Å². The molecule has 3 atom stereocenters. The Labute approximate surface area is 129 Å². The topological polar surface area (TPSA) is 56.5 Å². The van der Waals surface area contributed by atoms with Gasteiger partial charge < -0.3 is 9.47 Å². The van der Waals surface area contributed by atoms with Crippen LogP contribution in [-0.4, -0.2) is 31.5 Å². The molecule has 3 fully saturated rings. The van der Waals surface area contributed by atoms with Crippen molar-refractivity contribution in [3.63, 3.8) is 0 Å². The summed E-state index contributed by atoms with van der Waals surface area (Å²) >= 11 is 0. The molecule has 0 aromatic heterocycles. The van der Waals surface area contributed by atoms with Gasteiger partial charge in [-0.15, -0.1) is 0 Å². The summed E-state index contributed by atoms with van der Waals surface area (Å²) in [5.74, 6) is 7.47. The largest absolute Gasteiger partial charge is 0.378 e. The van der Waals surface area contributed by atoms with Crippen molar-refractivity contribution >= 4 is 0 Å². The van der Waals surface area contributed by atoms with Crippen LogP contribution in [0.3, 0.4) is 0 Å². The quantitative estimate of drug-likeness (QED) is 0.605. The van der Waals surface area contributed by atoms with Crippen molar-refractivity contribution in [2.75, 3.05) is 19.8 Å². The fourth-order valence-electron chi connectivity index (χ4n) is 4.62. The highest BCUT2D eigenvalue weighted by atomic mass is 16.6. The molecule has 3 N–H and O–H groups in total. The molecule has 21 heavy (non-hydrogen) atoms. The molecule has 4 heteroatoms. The molecule has 2 saturated heterocycles. The van der Waals surface area contributed by atoms with E-state index in [1.165, 1.54) is 44.9 Å². The van der Waals surface area contributed by atoms with Crippen molar-refractivity contribution in [1.82, 2.24) is 5.43 Å². The van der Waals surface area contributed by atoms with Crippen LogP contribution >= 0.6 is 0 Å². The smallest absolute Gasteiger partial charge is 0.0939 e. The Morgan fingerprint density at radius 2 is 2.00 bits per heavy atom. The molecule has 2 aliphatic heterocycles. The third kappa shape index (κ3) is 3.98. The van der Waals surface area contributed by atoms with Gasteiger partial charge >= 0.3 is 0 Å². The number of hydrazine groups is 1. The first-order chi connectivity index (χ1) is 10.3. The van der Waals surface area contributed by atoms with E-state index in [1.807, 2.05) is 0 Å². The molecule has 0 aromatic rings. The number of nitrogens with two attached hydrogens (primary N) is 1. The monoisotopic (exact) mass is 296 g/mol. The lowest BCUT2D eigenvalue weighted by Crippen LogP contribution is -2.49. The molecule has 3 aliphatic rings. The fraction of sp³-hybridized carbons (Fsp3) is 1.00. The number of hydrogen-bond acceptors (Lipinski definition) is 4. The molecule has 122 valence electrons. The van der Waals surface area contributed by atoms with Crippen LogP contribution in [0.25, 0.3) is 0 Å². The molecule has 1 spiro atoms.